The van der Waals surface area contributed by atoms with Gasteiger partial charge in [0, 0.05) is 0 Å². The van der Waals surface area contributed by atoms with E-state index in [1.807, 2.05) is 49.4 Å². The molecule has 0 unspecified atom stereocenters. The minimum absolute atomic E-state index is 0.474. The van der Waals surface area contributed by atoms with Crippen molar-refractivity contribution in [2.45, 2.75) is 20.1 Å². The normalized spacial score (nSPS) is 13.5. The van der Waals surface area contributed by atoms with Crippen molar-refractivity contribution in [3.63, 3.8) is 0 Å². The Kier molecular flexibility index (Phi) is 3.28. The van der Waals surface area contributed by atoms with E-state index >= 15 is 0 Å². The third-order valence-corrected chi connectivity index (χ3v) is 3.38. The fraction of sp³-hybridized carbons (Fsp3) is 0.200. The van der Waals surface area contributed by atoms with Crippen molar-refractivity contribution in [3.05, 3.63) is 59.2 Å². The Hall–Kier alpha value is -1.78. The summed E-state index contributed by atoms with van der Waals surface area (Å²) in [6.07, 6.45) is 0. The summed E-state index contributed by atoms with van der Waals surface area (Å²) in [6, 6.07) is 13.9. The average molecular weight is 254 g/mol. The topological polar surface area (TPSA) is 38.7 Å². The van der Waals surface area contributed by atoms with E-state index in [2.05, 4.69) is 0 Å². The molecule has 0 spiro atoms. The van der Waals surface area contributed by atoms with Gasteiger partial charge in [-0.05, 0) is 41.2 Å². The van der Waals surface area contributed by atoms with Crippen LogP contribution in [0.4, 0.5) is 0 Å². The summed E-state index contributed by atoms with van der Waals surface area (Å²) < 4.78 is 11.0. The molecule has 3 rings (SSSR count). The maximum Gasteiger partial charge on any atom is 0.491 e. The molecule has 1 aliphatic heterocycles. The molecule has 0 saturated heterocycles. The molecule has 1 aliphatic rings. The number of hydrogen-bond donors (Lipinski definition) is 1. The smallest absolute Gasteiger partial charge is 0.489 e. The molecule has 19 heavy (non-hydrogen) atoms. The summed E-state index contributed by atoms with van der Waals surface area (Å²) in [5, 5.41) is 9.74. The first kappa shape index (κ1) is 12.3. The lowest BCUT2D eigenvalue weighted by atomic mass is 9.78. The Balaban J connectivity index is 1.79. The number of rotatable bonds is 3. The summed E-state index contributed by atoms with van der Waals surface area (Å²) in [6.45, 7) is 3.01. The quantitative estimate of drug-likeness (QED) is 0.848. The van der Waals surface area contributed by atoms with Crippen molar-refractivity contribution >= 4 is 12.6 Å². The zero-order valence-electron chi connectivity index (χ0n) is 10.8. The fourth-order valence-electron chi connectivity index (χ4n) is 2.30. The van der Waals surface area contributed by atoms with Gasteiger partial charge < -0.3 is 14.4 Å². The van der Waals surface area contributed by atoms with E-state index in [-0.39, 0.29) is 0 Å². The molecule has 0 amide bonds. The van der Waals surface area contributed by atoms with Gasteiger partial charge >= 0.3 is 7.12 Å². The first-order valence-electron chi connectivity index (χ1n) is 6.34. The molecule has 0 radical (unpaired) electrons. The highest BCUT2D eigenvalue weighted by Gasteiger charge is 2.29. The van der Waals surface area contributed by atoms with E-state index < -0.39 is 7.12 Å². The van der Waals surface area contributed by atoms with Gasteiger partial charge in [-0.3, -0.25) is 0 Å². The lowest BCUT2D eigenvalue weighted by Crippen LogP contribution is -2.28. The second-order valence-corrected chi connectivity index (χ2v) is 4.75. The second-order valence-electron chi connectivity index (χ2n) is 4.75. The zero-order chi connectivity index (χ0) is 13.2. The van der Waals surface area contributed by atoms with Gasteiger partial charge in [-0.15, -0.1) is 0 Å². The third kappa shape index (κ3) is 2.50. The Bertz CT molecular complexity index is 583. The molecule has 0 atom stereocenters. The van der Waals surface area contributed by atoms with Crippen LogP contribution in [-0.2, 0) is 17.9 Å². The SMILES string of the molecule is Cc1cc(OCc2ccccc2)cc2c1COB2O. The Labute approximate surface area is 112 Å². The second kappa shape index (κ2) is 5.07. The lowest BCUT2D eigenvalue weighted by Gasteiger charge is -2.10. The van der Waals surface area contributed by atoms with Crippen LogP contribution in [0.25, 0.3) is 0 Å². The van der Waals surface area contributed by atoms with Crippen molar-refractivity contribution in [2.24, 2.45) is 0 Å². The summed E-state index contributed by atoms with van der Waals surface area (Å²) >= 11 is 0. The van der Waals surface area contributed by atoms with Crippen LogP contribution in [0.15, 0.2) is 42.5 Å². The Morgan fingerprint density at radius 3 is 2.84 bits per heavy atom. The van der Waals surface area contributed by atoms with E-state index in [1.54, 1.807) is 0 Å². The van der Waals surface area contributed by atoms with Gasteiger partial charge in [0.1, 0.15) is 12.4 Å². The summed E-state index contributed by atoms with van der Waals surface area (Å²) in [4.78, 5) is 0. The van der Waals surface area contributed by atoms with Crippen LogP contribution in [0.1, 0.15) is 16.7 Å². The van der Waals surface area contributed by atoms with Gasteiger partial charge in [0.15, 0.2) is 0 Å². The highest BCUT2D eigenvalue weighted by Crippen LogP contribution is 2.21. The molecule has 4 heteroatoms. The number of fused-ring (bicyclic) bond motifs is 1. The molecule has 1 N–H and O–H groups in total. The molecule has 2 aromatic rings. The van der Waals surface area contributed by atoms with Crippen LogP contribution in [0.5, 0.6) is 5.75 Å². The van der Waals surface area contributed by atoms with Crippen molar-refractivity contribution in [3.8, 4) is 5.75 Å². The van der Waals surface area contributed by atoms with Crippen LogP contribution >= 0.6 is 0 Å². The monoisotopic (exact) mass is 254 g/mol. The summed E-state index contributed by atoms with van der Waals surface area (Å²) in [7, 11) is -0.825. The van der Waals surface area contributed by atoms with Crippen LogP contribution in [0, 0.1) is 6.92 Å². The first-order chi connectivity index (χ1) is 9.24. The number of benzene rings is 2. The number of aryl methyl sites for hydroxylation is 1. The molecule has 0 bridgehead atoms. The highest BCUT2D eigenvalue weighted by molar-refractivity contribution is 6.61. The molecular weight excluding hydrogens is 239 g/mol. The first-order valence-corrected chi connectivity index (χ1v) is 6.34. The predicted octanol–water partition coefficient (Wildman–Crippen LogP) is 1.79. The number of ether oxygens (including phenoxy) is 1. The minimum Gasteiger partial charge on any atom is -0.489 e. The number of hydrogen-bond acceptors (Lipinski definition) is 3. The Morgan fingerprint density at radius 2 is 2.05 bits per heavy atom. The Morgan fingerprint density at radius 1 is 1.26 bits per heavy atom. The van der Waals surface area contributed by atoms with Gasteiger partial charge in [-0.1, -0.05) is 30.3 Å². The molecule has 0 saturated carbocycles. The summed E-state index contributed by atoms with van der Waals surface area (Å²) in [5.74, 6) is 0.768. The van der Waals surface area contributed by atoms with Crippen LogP contribution in [0.3, 0.4) is 0 Å². The van der Waals surface area contributed by atoms with Gasteiger partial charge in [0.25, 0.3) is 0 Å². The lowest BCUT2D eigenvalue weighted by molar-refractivity contribution is 0.275. The van der Waals surface area contributed by atoms with E-state index in [9.17, 15) is 5.02 Å². The van der Waals surface area contributed by atoms with Crippen molar-refractivity contribution in [2.75, 3.05) is 0 Å². The molecule has 0 aromatic heterocycles. The molecule has 2 aromatic carbocycles. The molecule has 0 fully saturated rings. The van der Waals surface area contributed by atoms with Gasteiger partial charge in [0.2, 0.25) is 0 Å². The average Bonchev–Trinajstić information content (AvgIpc) is 2.80. The fourth-order valence-corrected chi connectivity index (χ4v) is 2.30. The van der Waals surface area contributed by atoms with Crippen LogP contribution in [0.2, 0.25) is 0 Å². The highest BCUT2D eigenvalue weighted by atomic mass is 16.5. The molecule has 3 nitrogen and oxygen atoms in total. The van der Waals surface area contributed by atoms with E-state index in [1.165, 1.54) is 0 Å². The van der Waals surface area contributed by atoms with Gasteiger partial charge in [0.05, 0.1) is 6.61 Å². The zero-order valence-corrected chi connectivity index (χ0v) is 10.8. The standard InChI is InChI=1S/C15H15BO3/c1-11-7-13(8-15-14(11)10-19-16(15)17)18-9-12-5-3-2-4-6-12/h2-8,17H,9-10H2,1H3. The third-order valence-electron chi connectivity index (χ3n) is 3.38. The van der Waals surface area contributed by atoms with Crippen LogP contribution in [-0.4, -0.2) is 12.1 Å². The van der Waals surface area contributed by atoms with Gasteiger partial charge in [-0.25, -0.2) is 0 Å². The minimum atomic E-state index is -0.825. The van der Waals surface area contributed by atoms with E-state index in [0.717, 1.165) is 27.9 Å². The maximum atomic E-state index is 9.74. The predicted molar refractivity (Wildman–Crippen MR) is 74.3 cm³/mol. The van der Waals surface area contributed by atoms with E-state index in [4.69, 9.17) is 9.39 Å². The van der Waals surface area contributed by atoms with Gasteiger partial charge in [-0.2, -0.15) is 0 Å². The van der Waals surface area contributed by atoms with Crippen molar-refractivity contribution in [1.29, 1.82) is 0 Å². The van der Waals surface area contributed by atoms with Crippen molar-refractivity contribution < 1.29 is 14.4 Å². The maximum absolute atomic E-state index is 9.74. The molecule has 0 aliphatic carbocycles. The van der Waals surface area contributed by atoms with Crippen LogP contribution < -0.4 is 10.2 Å². The van der Waals surface area contributed by atoms with Crippen molar-refractivity contribution in [1.82, 2.24) is 0 Å². The van der Waals surface area contributed by atoms with E-state index in [0.29, 0.717) is 13.2 Å². The molecule has 96 valence electrons. The summed E-state index contributed by atoms with van der Waals surface area (Å²) in [5.41, 5.74) is 4.11. The molecule has 1 heterocycles. The molecular formula is C15H15BO3. The largest absolute Gasteiger partial charge is 0.491 e.